The average molecular weight is 235 g/mol. The fourth-order valence-electron chi connectivity index (χ4n) is 1.49. The van der Waals surface area contributed by atoms with Gasteiger partial charge in [0.2, 0.25) is 0 Å². The molecule has 17 heavy (non-hydrogen) atoms. The summed E-state index contributed by atoms with van der Waals surface area (Å²) >= 11 is 0. The van der Waals surface area contributed by atoms with E-state index in [1.807, 2.05) is 37.3 Å². The number of nitrogens with zero attached hydrogens (tertiary/aromatic N) is 2. The number of hydrogen-bond donors (Lipinski definition) is 3. The summed E-state index contributed by atoms with van der Waals surface area (Å²) in [5, 5.41) is 5.26. The predicted octanol–water partition coefficient (Wildman–Crippen LogP) is 0.762. The van der Waals surface area contributed by atoms with Crippen LogP contribution in [0.25, 0.3) is 0 Å². The van der Waals surface area contributed by atoms with E-state index < -0.39 is 0 Å². The predicted molar refractivity (Wildman–Crippen MR) is 70.7 cm³/mol. The second-order valence-electron chi connectivity index (χ2n) is 4.03. The largest absolute Gasteiger partial charge is 0.327 e. The molecule has 0 fully saturated rings. The molecule has 0 bridgehead atoms. The molecule has 0 saturated heterocycles. The van der Waals surface area contributed by atoms with E-state index in [2.05, 4.69) is 5.10 Å². The fraction of sp³-hybridized carbons (Fsp3) is 0.417. The molecule has 1 unspecified atom stereocenters. The quantitative estimate of drug-likeness (QED) is 0.304. The minimum Gasteiger partial charge on any atom is -0.327 e. The zero-order valence-corrected chi connectivity index (χ0v) is 10.2. The molecular weight excluding hydrogens is 214 g/mol. The zero-order valence-electron chi connectivity index (χ0n) is 10.2. The maximum Gasteiger partial charge on any atom is 0.140 e. The third-order valence-corrected chi connectivity index (χ3v) is 2.65. The van der Waals surface area contributed by atoms with E-state index >= 15 is 0 Å². The van der Waals surface area contributed by atoms with E-state index in [1.54, 1.807) is 5.01 Å². The summed E-state index contributed by atoms with van der Waals surface area (Å²) < 4.78 is 0. The van der Waals surface area contributed by atoms with Crippen LogP contribution < -0.4 is 17.4 Å². The van der Waals surface area contributed by atoms with E-state index in [0.717, 1.165) is 12.0 Å². The lowest BCUT2D eigenvalue weighted by molar-refractivity contribution is 0.415. The molecule has 6 N–H and O–H groups in total. The van der Waals surface area contributed by atoms with Crippen molar-refractivity contribution >= 4 is 5.84 Å². The maximum absolute atomic E-state index is 5.93. The SMILES string of the molecule is CCC(N)C/C(=N/N)N(N)Cc1ccccc1. The van der Waals surface area contributed by atoms with Crippen molar-refractivity contribution in [2.24, 2.45) is 22.5 Å². The molecule has 94 valence electrons. The highest BCUT2D eigenvalue weighted by atomic mass is 15.4. The van der Waals surface area contributed by atoms with Crippen LogP contribution in [0.5, 0.6) is 0 Å². The molecule has 0 aliphatic heterocycles. The molecule has 1 aromatic carbocycles. The first kappa shape index (κ1) is 13.5. The van der Waals surface area contributed by atoms with Crippen LogP contribution in [0.4, 0.5) is 0 Å². The lowest BCUT2D eigenvalue weighted by Gasteiger charge is -2.22. The molecule has 1 aromatic rings. The fourth-order valence-corrected chi connectivity index (χ4v) is 1.49. The number of benzene rings is 1. The summed E-state index contributed by atoms with van der Waals surface area (Å²) in [6.45, 7) is 2.60. The van der Waals surface area contributed by atoms with Gasteiger partial charge in [-0.15, -0.1) is 0 Å². The van der Waals surface area contributed by atoms with E-state index in [0.29, 0.717) is 18.8 Å². The second-order valence-corrected chi connectivity index (χ2v) is 4.03. The molecule has 0 spiro atoms. The normalized spacial score (nSPS) is 13.5. The van der Waals surface area contributed by atoms with Gasteiger partial charge in [0.15, 0.2) is 0 Å². The molecule has 0 aliphatic rings. The summed E-state index contributed by atoms with van der Waals surface area (Å²) in [6, 6.07) is 9.97. The van der Waals surface area contributed by atoms with Crippen molar-refractivity contribution in [3.63, 3.8) is 0 Å². The van der Waals surface area contributed by atoms with Crippen molar-refractivity contribution in [2.45, 2.75) is 32.4 Å². The van der Waals surface area contributed by atoms with Gasteiger partial charge in [-0.1, -0.05) is 37.3 Å². The third kappa shape index (κ3) is 4.42. The van der Waals surface area contributed by atoms with E-state index in [4.69, 9.17) is 17.4 Å². The van der Waals surface area contributed by atoms with Crippen molar-refractivity contribution in [3.05, 3.63) is 35.9 Å². The first-order valence-electron chi connectivity index (χ1n) is 5.75. The van der Waals surface area contributed by atoms with Crippen LogP contribution in [0.1, 0.15) is 25.3 Å². The van der Waals surface area contributed by atoms with Crippen molar-refractivity contribution in [1.29, 1.82) is 0 Å². The summed E-state index contributed by atoms with van der Waals surface area (Å²) in [5.41, 5.74) is 6.97. The van der Waals surface area contributed by atoms with Gasteiger partial charge in [-0.2, -0.15) is 5.10 Å². The van der Waals surface area contributed by atoms with Crippen LogP contribution in [-0.2, 0) is 6.54 Å². The van der Waals surface area contributed by atoms with Gasteiger partial charge < -0.3 is 11.6 Å². The van der Waals surface area contributed by atoms with Gasteiger partial charge in [-0.25, -0.2) is 5.84 Å². The van der Waals surface area contributed by atoms with Gasteiger partial charge in [0.25, 0.3) is 0 Å². The first-order chi connectivity index (χ1) is 8.17. The summed E-state index contributed by atoms with van der Waals surface area (Å²) in [4.78, 5) is 0. The molecule has 1 atom stereocenters. The zero-order chi connectivity index (χ0) is 12.7. The number of rotatable bonds is 5. The van der Waals surface area contributed by atoms with Crippen LogP contribution >= 0.6 is 0 Å². The van der Waals surface area contributed by atoms with Crippen molar-refractivity contribution in [3.8, 4) is 0 Å². The smallest absolute Gasteiger partial charge is 0.140 e. The highest BCUT2D eigenvalue weighted by molar-refractivity contribution is 5.82. The summed E-state index contributed by atoms with van der Waals surface area (Å²) in [5.74, 6) is 11.9. The highest BCUT2D eigenvalue weighted by Gasteiger charge is 2.11. The van der Waals surface area contributed by atoms with Crippen LogP contribution in [0.3, 0.4) is 0 Å². The van der Waals surface area contributed by atoms with Gasteiger partial charge >= 0.3 is 0 Å². The third-order valence-electron chi connectivity index (χ3n) is 2.65. The molecule has 0 radical (unpaired) electrons. The Kier molecular flexibility index (Phi) is 5.45. The van der Waals surface area contributed by atoms with Gasteiger partial charge in [0.1, 0.15) is 5.84 Å². The molecule has 0 saturated carbocycles. The summed E-state index contributed by atoms with van der Waals surface area (Å²) in [6.07, 6.45) is 1.47. The van der Waals surface area contributed by atoms with E-state index in [9.17, 15) is 0 Å². The molecule has 0 aliphatic carbocycles. The summed E-state index contributed by atoms with van der Waals surface area (Å²) in [7, 11) is 0. The number of amidine groups is 1. The Morgan fingerprint density at radius 2 is 2.00 bits per heavy atom. The number of hydrogen-bond acceptors (Lipinski definition) is 4. The molecule has 0 aromatic heterocycles. The Hall–Kier alpha value is -1.59. The first-order valence-corrected chi connectivity index (χ1v) is 5.75. The molecule has 5 heteroatoms. The standard InChI is InChI=1S/C12H21N5/c1-2-11(13)8-12(16-14)17(15)9-10-6-4-3-5-7-10/h3-7,11H,2,8-9,13-15H2,1H3/b16-12-. The van der Waals surface area contributed by atoms with Crippen molar-refractivity contribution in [2.75, 3.05) is 0 Å². The molecule has 0 heterocycles. The average Bonchev–Trinajstić information content (AvgIpc) is 2.36. The highest BCUT2D eigenvalue weighted by Crippen LogP contribution is 2.05. The molecule has 0 amide bonds. The Balaban J connectivity index is 2.59. The number of nitrogens with two attached hydrogens (primary N) is 3. The van der Waals surface area contributed by atoms with Crippen LogP contribution in [0, 0.1) is 0 Å². The van der Waals surface area contributed by atoms with Crippen molar-refractivity contribution in [1.82, 2.24) is 5.01 Å². The minimum absolute atomic E-state index is 0.0409. The van der Waals surface area contributed by atoms with Crippen LogP contribution in [0.2, 0.25) is 0 Å². The molecular formula is C12H21N5. The Morgan fingerprint density at radius 3 is 2.53 bits per heavy atom. The van der Waals surface area contributed by atoms with Crippen LogP contribution in [0.15, 0.2) is 35.4 Å². The van der Waals surface area contributed by atoms with Gasteiger partial charge in [0.05, 0.1) is 6.54 Å². The van der Waals surface area contributed by atoms with Gasteiger partial charge in [-0.3, -0.25) is 5.01 Å². The minimum atomic E-state index is 0.0409. The topological polar surface area (TPSA) is 93.7 Å². The van der Waals surface area contributed by atoms with E-state index in [-0.39, 0.29) is 6.04 Å². The molecule has 1 rings (SSSR count). The van der Waals surface area contributed by atoms with Gasteiger partial charge in [0, 0.05) is 12.5 Å². The van der Waals surface area contributed by atoms with Gasteiger partial charge in [-0.05, 0) is 12.0 Å². The Bertz CT molecular complexity index is 349. The Morgan fingerprint density at radius 1 is 1.35 bits per heavy atom. The monoisotopic (exact) mass is 235 g/mol. The lowest BCUT2D eigenvalue weighted by atomic mass is 10.1. The van der Waals surface area contributed by atoms with Crippen molar-refractivity contribution < 1.29 is 0 Å². The molecule has 5 nitrogen and oxygen atoms in total. The lowest BCUT2D eigenvalue weighted by Crippen LogP contribution is -2.40. The number of hydrazine groups is 1. The van der Waals surface area contributed by atoms with E-state index in [1.165, 1.54) is 0 Å². The van der Waals surface area contributed by atoms with Crippen LogP contribution in [-0.4, -0.2) is 16.9 Å². The second kappa shape index (κ2) is 6.88. The number of hydrazone groups is 1. The maximum atomic E-state index is 5.93. The Labute approximate surface area is 102 Å².